The first-order chi connectivity index (χ1) is 11.6. The summed E-state index contributed by atoms with van der Waals surface area (Å²) in [5.41, 5.74) is 2.40. The first kappa shape index (κ1) is 15.2. The van der Waals surface area contributed by atoms with Crippen molar-refractivity contribution in [1.82, 2.24) is 14.8 Å². The second-order valence-corrected chi connectivity index (χ2v) is 6.38. The van der Waals surface area contributed by atoms with Crippen LogP contribution in [-0.4, -0.2) is 14.8 Å². The van der Waals surface area contributed by atoms with Crippen LogP contribution in [0.15, 0.2) is 54.9 Å². The van der Waals surface area contributed by atoms with Gasteiger partial charge in [0.05, 0.1) is 6.54 Å². The van der Waals surface area contributed by atoms with E-state index in [0.717, 1.165) is 16.7 Å². The van der Waals surface area contributed by atoms with Crippen molar-refractivity contribution in [2.45, 2.75) is 25.2 Å². The van der Waals surface area contributed by atoms with Crippen molar-refractivity contribution in [3.05, 3.63) is 82.1 Å². The van der Waals surface area contributed by atoms with E-state index in [-0.39, 0.29) is 11.9 Å². The number of hydrogen-bond donors (Lipinski definition) is 1. The van der Waals surface area contributed by atoms with Gasteiger partial charge in [0.25, 0.3) is 0 Å². The molecule has 2 aromatic carbocycles. The second-order valence-electron chi connectivity index (χ2n) is 6.01. The van der Waals surface area contributed by atoms with E-state index >= 15 is 0 Å². The van der Waals surface area contributed by atoms with Crippen LogP contribution in [0.1, 0.15) is 22.8 Å². The van der Waals surface area contributed by atoms with E-state index in [4.69, 9.17) is 17.0 Å². The van der Waals surface area contributed by atoms with Gasteiger partial charge in [0.15, 0.2) is 0 Å². The second kappa shape index (κ2) is 5.65. The average Bonchev–Trinajstić information content (AvgIpc) is 3.16. The number of aryl methyl sites for hydroxylation is 1. The topological polar surface area (TPSA) is 46.1 Å². The molecule has 4 nitrogen and oxygen atoms in total. The first-order valence-electron chi connectivity index (χ1n) is 7.70. The van der Waals surface area contributed by atoms with Gasteiger partial charge in [0.2, 0.25) is 4.77 Å². The highest BCUT2D eigenvalue weighted by Crippen LogP contribution is 2.58. The number of nitrogens with zero attached hydrogens (tertiary/aromatic N) is 2. The van der Waals surface area contributed by atoms with Gasteiger partial charge in [-0.25, -0.2) is 9.37 Å². The first-order valence-corrected chi connectivity index (χ1v) is 8.10. The molecule has 1 N–H and O–H groups in total. The van der Waals surface area contributed by atoms with Crippen LogP contribution in [-0.2, 0) is 16.9 Å². The summed E-state index contributed by atoms with van der Waals surface area (Å²) in [6, 6.07) is 14.6. The third kappa shape index (κ3) is 2.48. The number of H-pyrrole nitrogens is 1. The van der Waals surface area contributed by atoms with Crippen LogP contribution in [0, 0.1) is 17.5 Å². The Bertz CT molecular complexity index is 951. The predicted molar refractivity (Wildman–Crippen MR) is 90.5 cm³/mol. The third-order valence-electron chi connectivity index (χ3n) is 4.49. The molecule has 24 heavy (non-hydrogen) atoms. The Morgan fingerprint density at radius 2 is 2.12 bits per heavy atom. The third-order valence-corrected chi connectivity index (χ3v) is 4.82. The quantitative estimate of drug-likeness (QED) is 0.575. The van der Waals surface area contributed by atoms with E-state index in [9.17, 15) is 4.39 Å². The number of ether oxygens (including phenoxy) is 1. The van der Waals surface area contributed by atoms with Crippen molar-refractivity contribution in [1.29, 1.82) is 0 Å². The highest BCUT2D eigenvalue weighted by molar-refractivity contribution is 7.71. The van der Waals surface area contributed by atoms with E-state index in [1.807, 2.05) is 24.3 Å². The molecule has 3 aromatic rings. The van der Waals surface area contributed by atoms with E-state index < -0.39 is 5.60 Å². The Hall–Kier alpha value is -2.31. The van der Waals surface area contributed by atoms with Crippen molar-refractivity contribution in [2.75, 3.05) is 0 Å². The van der Waals surface area contributed by atoms with Crippen molar-refractivity contribution < 1.29 is 9.13 Å². The molecular weight excluding hydrogens is 325 g/mol. The Morgan fingerprint density at radius 3 is 2.83 bits per heavy atom. The Kier molecular flexibility index (Phi) is 3.58. The van der Waals surface area contributed by atoms with Crippen LogP contribution in [0.4, 0.5) is 4.39 Å². The predicted octanol–water partition coefficient (Wildman–Crippen LogP) is 4.06. The minimum absolute atomic E-state index is 0.148. The highest BCUT2D eigenvalue weighted by Gasteiger charge is 2.59. The van der Waals surface area contributed by atoms with Gasteiger partial charge in [0.1, 0.15) is 23.8 Å². The lowest BCUT2D eigenvalue weighted by Gasteiger charge is -2.15. The standard InChI is InChI=1S/C18H16FN3OS/c1-12-5-2-3-8-15(12)16-18(23-16,10-22-17(24)20-11-21-22)13-6-4-7-14(19)9-13/h2-9,11,16H,10H2,1H3,(H,20,21,24). The molecule has 1 saturated heterocycles. The zero-order valence-electron chi connectivity index (χ0n) is 13.1. The maximum atomic E-state index is 13.8. The zero-order chi connectivity index (χ0) is 16.7. The molecule has 1 fully saturated rings. The number of aromatic amines is 1. The largest absolute Gasteiger partial charge is 0.354 e. The summed E-state index contributed by atoms with van der Waals surface area (Å²) in [4.78, 5) is 4.05. The summed E-state index contributed by atoms with van der Waals surface area (Å²) in [6.45, 7) is 2.50. The molecule has 0 radical (unpaired) electrons. The lowest BCUT2D eigenvalue weighted by Crippen LogP contribution is -2.20. The molecule has 0 amide bonds. The molecule has 1 aliphatic rings. The summed E-state index contributed by atoms with van der Waals surface area (Å²) < 4.78 is 22.1. The fraction of sp³-hybridized carbons (Fsp3) is 0.222. The van der Waals surface area contributed by atoms with Gasteiger partial charge in [-0.05, 0) is 48.0 Å². The summed E-state index contributed by atoms with van der Waals surface area (Å²) in [6.07, 6.45) is 1.40. The average molecular weight is 341 g/mol. The van der Waals surface area contributed by atoms with Crippen LogP contribution < -0.4 is 0 Å². The van der Waals surface area contributed by atoms with Crippen molar-refractivity contribution in [2.24, 2.45) is 0 Å². The maximum Gasteiger partial charge on any atom is 0.215 e. The van der Waals surface area contributed by atoms with Crippen LogP contribution >= 0.6 is 12.2 Å². The summed E-state index contributed by atoms with van der Waals surface area (Å²) in [5, 5.41) is 3.00. The molecule has 2 atom stereocenters. The van der Waals surface area contributed by atoms with Gasteiger partial charge in [-0.1, -0.05) is 36.4 Å². The number of rotatable bonds is 4. The van der Waals surface area contributed by atoms with E-state index in [1.54, 1.807) is 17.1 Å². The van der Waals surface area contributed by atoms with Gasteiger partial charge in [-0.2, -0.15) is 0 Å². The number of aromatic nitrogens is 3. The number of benzene rings is 2. The molecule has 6 heteroatoms. The zero-order valence-corrected chi connectivity index (χ0v) is 13.9. The summed E-state index contributed by atoms with van der Waals surface area (Å²) in [7, 11) is 0. The molecule has 1 aliphatic heterocycles. The molecule has 4 rings (SSSR count). The summed E-state index contributed by atoms with van der Waals surface area (Å²) >= 11 is 5.23. The Balaban J connectivity index is 1.79. The molecule has 2 heterocycles. The minimum atomic E-state index is -0.654. The molecular formula is C18H16FN3OS. The Labute approximate surface area is 143 Å². The molecule has 0 aliphatic carbocycles. The van der Waals surface area contributed by atoms with Crippen LogP contribution in [0.3, 0.4) is 0 Å². The fourth-order valence-electron chi connectivity index (χ4n) is 3.18. The number of epoxide rings is 1. The van der Waals surface area contributed by atoms with Gasteiger partial charge < -0.3 is 4.74 Å². The lowest BCUT2D eigenvalue weighted by molar-refractivity contribution is 0.261. The molecule has 0 bridgehead atoms. The van der Waals surface area contributed by atoms with E-state index in [1.165, 1.54) is 12.1 Å². The van der Waals surface area contributed by atoms with Gasteiger partial charge in [0, 0.05) is 0 Å². The fourth-order valence-corrected chi connectivity index (χ4v) is 3.35. The van der Waals surface area contributed by atoms with Crippen molar-refractivity contribution in [3.8, 4) is 0 Å². The van der Waals surface area contributed by atoms with Crippen LogP contribution in [0.2, 0.25) is 0 Å². The maximum absolute atomic E-state index is 13.8. The molecule has 2 unspecified atom stereocenters. The lowest BCUT2D eigenvalue weighted by atomic mass is 9.90. The van der Waals surface area contributed by atoms with Crippen molar-refractivity contribution >= 4 is 12.2 Å². The summed E-state index contributed by atoms with van der Waals surface area (Å²) in [5.74, 6) is -0.279. The number of halogens is 1. The molecule has 0 spiro atoms. The minimum Gasteiger partial charge on any atom is -0.354 e. The number of hydrogen-bond acceptors (Lipinski definition) is 3. The monoisotopic (exact) mass is 341 g/mol. The van der Waals surface area contributed by atoms with E-state index in [2.05, 4.69) is 23.1 Å². The molecule has 0 saturated carbocycles. The highest BCUT2D eigenvalue weighted by atomic mass is 32.1. The Morgan fingerprint density at radius 1 is 1.29 bits per heavy atom. The van der Waals surface area contributed by atoms with E-state index in [0.29, 0.717) is 11.3 Å². The van der Waals surface area contributed by atoms with Gasteiger partial charge >= 0.3 is 0 Å². The normalized spacial score (nSPS) is 22.5. The van der Waals surface area contributed by atoms with Crippen LogP contribution in [0.5, 0.6) is 0 Å². The van der Waals surface area contributed by atoms with Crippen LogP contribution in [0.25, 0.3) is 0 Å². The molecule has 1 aromatic heterocycles. The van der Waals surface area contributed by atoms with Gasteiger partial charge in [-0.15, -0.1) is 0 Å². The van der Waals surface area contributed by atoms with Crippen molar-refractivity contribution in [3.63, 3.8) is 0 Å². The van der Waals surface area contributed by atoms with Gasteiger partial charge in [-0.3, -0.25) is 9.78 Å². The number of nitrogens with one attached hydrogen (secondary N) is 1. The molecule has 122 valence electrons. The smallest absolute Gasteiger partial charge is 0.215 e. The SMILES string of the molecule is Cc1ccccc1C1OC1(Cn1[nH]cnc1=S)c1cccc(F)c1.